The van der Waals surface area contributed by atoms with Crippen LogP contribution in [0, 0.1) is 5.82 Å². The fourth-order valence-corrected chi connectivity index (χ4v) is 5.53. The van der Waals surface area contributed by atoms with Gasteiger partial charge in [-0.05, 0) is 58.7 Å². The maximum atomic E-state index is 13.2. The zero-order valence-electron chi connectivity index (χ0n) is 14.2. The molecule has 2 heterocycles. The summed E-state index contributed by atoms with van der Waals surface area (Å²) in [5.74, 6) is -0.529. The van der Waals surface area contributed by atoms with E-state index >= 15 is 0 Å². The number of nitrogens with one attached hydrogen (secondary N) is 1. The minimum atomic E-state index is -3.06. The van der Waals surface area contributed by atoms with Crippen LogP contribution >= 0.6 is 15.9 Å². The molecule has 2 aromatic carbocycles. The SMILES string of the molecule is O=C(NC1CCS(=O)(=O)C1)c1ccc2c(Br)cn(-c3ccc(F)cc3)c2c1. The third-order valence-electron chi connectivity index (χ3n) is 4.69. The Labute approximate surface area is 164 Å². The number of aromatic nitrogens is 1. The van der Waals surface area contributed by atoms with Crippen LogP contribution in [0.1, 0.15) is 16.8 Å². The van der Waals surface area contributed by atoms with E-state index in [1.54, 1.807) is 24.3 Å². The molecular formula is C19H16BrFN2O3S. The summed E-state index contributed by atoms with van der Waals surface area (Å²) in [7, 11) is -3.06. The molecule has 1 saturated heterocycles. The maximum Gasteiger partial charge on any atom is 0.251 e. The molecule has 4 rings (SSSR count). The minimum absolute atomic E-state index is 0.0154. The first-order chi connectivity index (χ1) is 12.8. The molecule has 140 valence electrons. The van der Waals surface area contributed by atoms with Gasteiger partial charge in [0.15, 0.2) is 9.84 Å². The lowest BCUT2D eigenvalue weighted by molar-refractivity contribution is 0.0941. The number of hydrogen-bond donors (Lipinski definition) is 1. The highest BCUT2D eigenvalue weighted by molar-refractivity contribution is 9.10. The molecule has 1 atom stereocenters. The third kappa shape index (κ3) is 3.64. The van der Waals surface area contributed by atoms with Crippen LogP contribution in [0.3, 0.4) is 0 Å². The van der Waals surface area contributed by atoms with Gasteiger partial charge in [-0.1, -0.05) is 6.07 Å². The van der Waals surface area contributed by atoms with E-state index in [0.29, 0.717) is 12.0 Å². The van der Waals surface area contributed by atoms with Gasteiger partial charge in [0.2, 0.25) is 0 Å². The minimum Gasteiger partial charge on any atom is -0.348 e. The van der Waals surface area contributed by atoms with Crippen LogP contribution < -0.4 is 5.32 Å². The largest absolute Gasteiger partial charge is 0.348 e. The van der Waals surface area contributed by atoms with Gasteiger partial charge in [0, 0.05) is 33.3 Å². The van der Waals surface area contributed by atoms with Crippen molar-refractivity contribution in [2.75, 3.05) is 11.5 Å². The van der Waals surface area contributed by atoms with Crippen molar-refractivity contribution in [2.24, 2.45) is 0 Å². The van der Waals surface area contributed by atoms with Gasteiger partial charge in [0.05, 0.1) is 17.0 Å². The predicted octanol–water partition coefficient (Wildman–Crippen LogP) is 3.45. The van der Waals surface area contributed by atoms with Gasteiger partial charge in [-0.2, -0.15) is 0 Å². The van der Waals surface area contributed by atoms with Crippen LogP contribution in [0.5, 0.6) is 0 Å². The van der Waals surface area contributed by atoms with Crippen molar-refractivity contribution < 1.29 is 17.6 Å². The molecule has 27 heavy (non-hydrogen) atoms. The van der Waals surface area contributed by atoms with Crippen molar-refractivity contribution >= 4 is 42.6 Å². The molecule has 1 unspecified atom stereocenters. The summed E-state index contributed by atoms with van der Waals surface area (Å²) >= 11 is 3.51. The summed E-state index contributed by atoms with van der Waals surface area (Å²) in [5, 5.41) is 3.72. The van der Waals surface area contributed by atoms with Gasteiger partial charge in [0.1, 0.15) is 5.82 Å². The maximum absolute atomic E-state index is 13.2. The Bertz CT molecular complexity index is 1140. The van der Waals surface area contributed by atoms with E-state index in [-0.39, 0.29) is 29.3 Å². The number of nitrogens with zero attached hydrogens (tertiary/aromatic N) is 1. The third-order valence-corrected chi connectivity index (χ3v) is 7.09. The van der Waals surface area contributed by atoms with E-state index in [2.05, 4.69) is 21.2 Å². The van der Waals surface area contributed by atoms with Crippen LogP contribution in [-0.2, 0) is 9.84 Å². The molecule has 0 bridgehead atoms. The number of fused-ring (bicyclic) bond motifs is 1. The monoisotopic (exact) mass is 450 g/mol. The van der Waals surface area contributed by atoms with Crippen LogP contribution in [0.25, 0.3) is 16.6 Å². The van der Waals surface area contributed by atoms with Gasteiger partial charge in [0.25, 0.3) is 5.91 Å². The highest BCUT2D eigenvalue weighted by Crippen LogP contribution is 2.30. The van der Waals surface area contributed by atoms with E-state index < -0.39 is 9.84 Å². The summed E-state index contributed by atoms with van der Waals surface area (Å²) in [4.78, 5) is 12.6. The van der Waals surface area contributed by atoms with Gasteiger partial charge in [-0.25, -0.2) is 12.8 Å². The molecule has 0 radical (unpaired) electrons. The summed E-state index contributed by atoms with van der Waals surface area (Å²) in [5.41, 5.74) is 2.01. The predicted molar refractivity (Wildman–Crippen MR) is 105 cm³/mol. The summed E-state index contributed by atoms with van der Waals surface area (Å²) < 4.78 is 39.1. The molecule has 5 nitrogen and oxygen atoms in total. The Kier molecular flexibility index (Phi) is 4.55. The second-order valence-electron chi connectivity index (χ2n) is 6.63. The molecule has 1 aliphatic rings. The van der Waals surface area contributed by atoms with Gasteiger partial charge >= 0.3 is 0 Å². The average Bonchev–Trinajstić information content (AvgIpc) is 3.14. The first-order valence-corrected chi connectivity index (χ1v) is 11.0. The lowest BCUT2D eigenvalue weighted by Crippen LogP contribution is -2.35. The highest BCUT2D eigenvalue weighted by atomic mass is 79.9. The fourth-order valence-electron chi connectivity index (χ4n) is 3.32. The van der Waals surface area contributed by atoms with Crippen molar-refractivity contribution in [2.45, 2.75) is 12.5 Å². The zero-order valence-corrected chi connectivity index (χ0v) is 16.6. The molecule has 1 aliphatic heterocycles. The van der Waals surface area contributed by atoms with Gasteiger partial charge < -0.3 is 9.88 Å². The quantitative estimate of drug-likeness (QED) is 0.664. The second-order valence-corrected chi connectivity index (χ2v) is 9.71. The number of sulfone groups is 1. The van der Waals surface area contributed by atoms with Crippen LogP contribution in [0.2, 0.25) is 0 Å². The molecule has 8 heteroatoms. The number of carbonyl (C=O) groups excluding carboxylic acids is 1. The van der Waals surface area contributed by atoms with Crippen LogP contribution in [-0.4, -0.2) is 36.4 Å². The molecule has 1 fully saturated rings. The molecule has 1 aromatic heterocycles. The lowest BCUT2D eigenvalue weighted by Gasteiger charge is -2.11. The normalized spacial score (nSPS) is 18.7. The van der Waals surface area contributed by atoms with E-state index in [1.807, 2.05) is 16.8 Å². The van der Waals surface area contributed by atoms with E-state index in [0.717, 1.165) is 21.1 Å². The van der Waals surface area contributed by atoms with Gasteiger partial charge in [-0.3, -0.25) is 4.79 Å². The number of benzene rings is 2. The molecule has 3 aromatic rings. The first-order valence-electron chi connectivity index (χ1n) is 8.40. The van der Waals surface area contributed by atoms with E-state index in [4.69, 9.17) is 0 Å². The van der Waals surface area contributed by atoms with E-state index in [9.17, 15) is 17.6 Å². The Hall–Kier alpha value is -2.19. The number of halogens is 2. The molecule has 0 saturated carbocycles. The number of hydrogen-bond acceptors (Lipinski definition) is 3. The Morgan fingerprint density at radius 2 is 1.93 bits per heavy atom. The summed E-state index contributed by atoms with van der Waals surface area (Å²) in [6.45, 7) is 0. The highest BCUT2D eigenvalue weighted by Gasteiger charge is 2.29. The molecule has 0 spiro atoms. The Morgan fingerprint density at radius 3 is 2.59 bits per heavy atom. The molecular weight excluding hydrogens is 435 g/mol. The van der Waals surface area contributed by atoms with E-state index in [1.165, 1.54) is 12.1 Å². The summed E-state index contributed by atoms with van der Waals surface area (Å²) in [6.07, 6.45) is 2.30. The first kappa shape index (κ1) is 18.2. The van der Waals surface area contributed by atoms with Crippen LogP contribution in [0.15, 0.2) is 53.1 Å². The number of carbonyl (C=O) groups is 1. The summed E-state index contributed by atoms with van der Waals surface area (Å²) in [6, 6.07) is 11.0. The van der Waals surface area contributed by atoms with Crippen molar-refractivity contribution in [1.82, 2.24) is 9.88 Å². The smallest absolute Gasteiger partial charge is 0.251 e. The second kappa shape index (κ2) is 6.76. The van der Waals surface area contributed by atoms with Crippen molar-refractivity contribution in [3.63, 3.8) is 0 Å². The molecule has 1 N–H and O–H groups in total. The molecule has 0 aliphatic carbocycles. The lowest BCUT2D eigenvalue weighted by atomic mass is 10.1. The van der Waals surface area contributed by atoms with Crippen molar-refractivity contribution in [3.05, 3.63) is 64.5 Å². The van der Waals surface area contributed by atoms with Crippen molar-refractivity contribution in [3.8, 4) is 5.69 Å². The van der Waals surface area contributed by atoms with Crippen LogP contribution in [0.4, 0.5) is 4.39 Å². The zero-order chi connectivity index (χ0) is 19.2. The van der Waals surface area contributed by atoms with Gasteiger partial charge in [-0.15, -0.1) is 0 Å². The Balaban J connectivity index is 1.68. The fraction of sp³-hybridized carbons (Fsp3) is 0.211. The van der Waals surface area contributed by atoms with Crippen molar-refractivity contribution in [1.29, 1.82) is 0 Å². The average molecular weight is 451 g/mol. The number of amides is 1. The molecule has 1 amide bonds. The topological polar surface area (TPSA) is 68.2 Å². The Morgan fingerprint density at radius 1 is 1.19 bits per heavy atom. The standard InChI is InChI=1S/C19H16BrFN2O3S/c20-17-10-23(15-4-2-13(21)3-5-15)18-9-12(1-6-16(17)18)19(24)22-14-7-8-27(25,26)11-14/h1-6,9-10,14H,7-8,11H2,(H,22,24). The number of rotatable bonds is 3.